The Kier molecular flexibility index (Phi) is 41.5. The molecule has 7 atom stereocenters. The number of rotatable bonds is 50. The van der Waals surface area contributed by atoms with Gasteiger partial charge in [-0.25, -0.2) is 19.2 Å². The molecule has 620 valence electrons. The maximum absolute atomic E-state index is 14.7. The number of carboxylic acids is 7. The van der Waals surface area contributed by atoms with Crippen LogP contribution in [0.15, 0.2) is 66.7 Å². The van der Waals surface area contributed by atoms with Gasteiger partial charge in [-0.2, -0.15) is 0 Å². The molecule has 1 aliphatic rings. The summed E-state index contributed by atoms with van der Waals surface area (Å²) in [4.78, 5) is 219. The largest absolute Gasteiger partial charge is 0.507 e. The fourth-order valence-corrected chi connectivity index (χ4v) is 12.5. The predicted octanol–water partition coefficient (Wildman–Crippen LogP) is -0.0630. The molecule has 113 heavy (non-hydrogen) atoms. The Morgan fingerprint density at radius 2 is 0.973 bits per heavy atom. The number of unbranched alkanes of at least 4 members (excludes halogenated alkanes) is 4. The average Bonchev–Trinajstić information content (AvgIpc) is 0.823. The van der Waals surface area contributed by atoms with Crippen LogP contribution < -0.4 is 42.5 Å². The molecular formula is C70H95IN14O28. The highest BCUT2D eigenvalue weighted by Gasteiger charge is 2.35. The number of halogens is 1. The number of urea groups is 1. The van der Waals surface area contributed by atoms with Gasteiger partial charge in [-0.15, -0.1) is 0 Å². The fraction of sp³-hybridized carbons (Fsp3) is 0.529. The summed E-state index contributed by atoms with van der Waals surface area (Å²) in [7, 11) is 0. The van der Waals surface area contributed by atoms with Crippen LogP contribution in [0.3, 0.4) is 0 Å². The Labute approximate surface area is 659 Å². The monoisotopic (exact) mass is 1710 g/mol. The van der Waals surface area contributed by atoms with E-state index in [2.05, 4.69) is 47.3 Å². The fourth-order valence-electron chi connectivity index (χ4n) is 11.9. The number of nitrogens with one attached hydrogen (secondary N) is 8. The lowest BCUT2D eigenvalue weighted by atomic mass is 10.0. The predicted molar refractivity (Wildman–Crippen MR) is 402 cm³/mol. The zero-order chi connectivity index (χ0) is 83.7. The number of phenols is 1. The van der Waals surface area contributed by atoms with Crippen molar-refractivity contribution in [1.82, 2.24) is 62.1 Å². The second-order valence-corrected chi connectivity index (χ2v) is 27.5. The van der Waals surface area contributed by atoms with E-state index in [0.717, 1.165) is 12.1 Å². The number of phenolic OH excluding ortho intramolecular Hbond substituents is 1. The van der Waals surface area contributed by atoms with Crippen molar-refractivity contribution in [2.45, 2.75) is 145 Å². The van der Waals surface area contributed by atoms with Crippen LogP contribution >= 0.6 is 22.6 Å². The summed E-state index contributed by atoms with van der Waals surface area (Å²) < 4.78 is 4.80. The molecule has 16 N–H and O–H groups in total. The van der Waals surface area contributed by atoms with Crippen LogP contribution in [0.1, 0.15) is 111 Å². The molecule has 43 heteroatoms. The molecule has 4 rings (SSSR count). The van der Waals surface area contributed by atoms with E-state index < -0.39 is 185 Å². The van der Waals surface area contributed by atoms with Crippen LogP contribution in [0.25, 0.3) is 0 Å². The molecule has 1 unspecified atom stereocenters. The minimum atomic E-state index is -1.63. The first-order valence-corrected chi connectivity index (χ1v) is 37.0. The molecule has 3 aromatic carbocycles. The topological polar surface area (TPSA) is 623 Å². The molecule has 0 bridgehead atoms. The standard InChI is InChI=1S/C70H95IN14O28/c71-47-35-44(17-21-56(47)87)37-52(74-58(89)22-20-54(69(106)107)83-32-30-81(40-60(92)93)28-26-80(39-59(90)91)27-29-82(31-33-83)41-61(94)95)64(98)77-53(36-43-11-3-1-4-12-43)65(99)76-49(66(100)101)14-8-10-25-73-63(97)48(75-62(96)46-19-18-45(84(109)110)38-55(46)85(111)112)13-5-2-6-16-57(88)72-24-9-7-15-50(67(102)103)78-70(108)79-51(68(104)105)23-34-113-42-86/h1,3-4,11-12,17-19,21,35,38,42,48-54,87H,2,5-10,13-16,20,22-34,36-37,39-41H2,(H,72,88)(H,73,97)(H,74,89)(H,75,96)(H,76,99)(H,77,98)(H,90,91)(H,92,93)(H,94,95)(H,100,101)(H,102,103)(H,104,105)(H,106,107)(H2,78,79,108)/t48-,49+,50-,51-,52+,53+,54?/m0/s1. The number of carbonyl (C=O) groups is 15. The van der Waals surface area contributed by atoms with E-state index in [4.69, 9.17) is 0 Å². The zero-order valence-electron chi connectivity index (χ0n) is 61.5. The number of amides is 8. The van der Waals surface area contributed by atoms with E-state index >= 15 is 0 Å². The summed E-state index contributed by atoms with van der Waals surface area (Å²) >= 11 is 1.84. The normalized spacial score (nSPS) is 14.9. The number of nitro groups is 2. The molecule has 0 aliphatic carbocycles. The summed E-state index contributed by atoms with van der Waals surface area (Å²) in [5, 5.41) is 123. The lowest BCUT2D eigenvalue weighted by Crippen LogP contribution is -2.57. The number of aromatic hydroxyl groups is 1. The third-order valence-corrected chi connectivity index (χ3v) is 18.7. The smallest absolute Gasteiger partial charge is 0.326 e. The van der Waals surface area contributed by atoms with Gasteiger partial charge in [-0.05, 0) is 110 Å². The van der Waals surface area contributed by atoms with E-state index in [1.807, 2.05) is 22.6 Å². The lowest BCUT2D eigenvalue weighted by Gasteiger charge is -2.35. The Morgan fingerprint density at radius 1 is 0.478 bits per heavy atom. The molecule has 1 aliphatic heterocycles. The summed E-state index contributed by atoms with van der Waals surface area (Å²) in [6, 6.07) is 3.19. The number of benzene rings is 3. The second kappa shape index (κ2) is 49.8. The zero-order valence-corrected chi connectivity index (χ0v) is 63.6. The summed E-state index contributed by atoms with van der Waals surface area (Å²) in [6.07, 6.45) is -1.11. The first-order chi connectivity index (χ1) is 53.6. The minimum absolute atomic E-state index is 0.000456. The van der Waals surface area contributed by atoms with Gasteiger partial charge >= 0.3 is 47.8 Å². The van der Waals surface area contributed by atoms with Crippen LogP contribution in [0.2, 0.25) is 0 Å². The maximum Gasteiger partial charge on any atom is 0.326 e. The molecule has 0 radical (unpaired) electrons. The van der Waals surface area contributed by atoms with Crippen molar-refractivity contribution in [3.8, 4) is 5.75 Å². The highest BCUT2D eigenvalue weighted by atomic mass is 127. The van der Waals surface area contributed by atoms with Gasteiger partial charge in [-0.1, -0.05) is 49.2 Å². The number of carbonyl (C=O) groups excluding carboxylic acids is 8. The van der Waals surface area contributed by atoms with E-state index in [0.29, 0.717) is 20.8 Å². The highest BCUT2D eigenvalue weighted by Crippen LogP contribution is 2.26. The van der Waals surface area contributed by atoms with Gasteiger partial charge in [0.2, 0.25) is 29.5 Å². The lowest BCUT2D eigenvalue weighted by molar-refractivity contribution is -0.394. The molecule has 8 amide bonds. The van der Waals surface area contributed by atoms with Crippen molar-refractivity contribution < 1.29 is 127 Å². The van der Waals surface area contributed by atoms with Crippen molar-refractivity contribution in [2.75, 3.05) is 91.7 Å². The molecule has 0 aromatic heterocycles. The number of non-ortho nitro benzene ring substituents is 1. The van der Waals surface area contributed by atoms with Gasteiger partial charge in [-0.3, -0.25) is 92.6 Å². The molecule has 1 saturated heterocycles. The van der Waals surface area contributed by atoms with E-state index in [1.165, 1.54) is 37.8 Å². The molecule has 0 spiro atoms. The number of aliphatic carboxylic acids is 7. The number of nitrogens with zero attached hydrogens (tertiary/aromatic N) is 6. The van der Waals surface area contributed by atoms with Crippen LogP contribution in [0, 0.1) is 23.8 Å². The number of hydrogen-bond donors (Lipinski definition) is 16. The Bertz CT molecular complexity index is 3770. The number of ether oxygens (including phenoxy) is 1. The van der Waals surface area contributed by atoms with Gasteiger partial charge in [0, 0.05) is 104 Å². The van der Waals surface area contributed by atoms with Gasteiger partial charge in [0.1, 0.15) is 53.6 Å². The van der Waals surface area contributed by atoms with Crippen LogP contribution in [0.5, 0.6) is 5.75 Å². The molecule has 42 nitrogen and oxygen atoms in total. The quantitative estimate of drug-likeness (QED) is 0.0116. The number of carboxylic acid groups (broad SMARTS) is 7. The van der Waals surface area contributed by atoms with Crippen LogP contribution in [-0.2, 0) is 79.9 Å². The van der Waals surface area contributed by atoms with Crippen molar-refractivity contribution in [3.05, 3.63) is 107 Å². The molecule has 0 saturated carbocycles. The summed E-state index contributed by atoms with van der Waals surface area (Å²) in [6.45, 7) is -1.82. The number of nitro benzene ring substituents is 2. The van der Waals surface area contributed by atoms with E-state index in [1.54, 1.807) is 30.3 Å². The molecule has 1 heterocycles. The van der Waals surface area contributed by atoms with Crippen LogP contribution in [-0.4, -0.2) is 294 Å². The Balaban J connectivity index is 1.45. The van der Waals surface area contributed by atoms with Gasteiger partial charge in [0.25, 0.3) is 23.8 Å². The van der Waals surface area contributed by atoms with Crippen molar-refractivity contribution in [3.63, 3.8) is 0 Å². The van der Waals surface area contributed by atoms with E-state index in [9.17, 15) is 133 Å². The maximum atomic E-state index is 14.7. The SMILES string of the molecule is O=COCC[C@H](NC(=O)N[C@@H](CCCCNC(=O)CCCCC[C@H](NC(=O)c1ccc([N+](=O)[O-])cc1[N+](=O)[O-])C(=O)NCCCC[C@@H](NC(=O)[C@@H](Cc1ccccc1)NC(=O)[C@@H](Cc1ccc(O)c(I)c1)NC(=O)CCC(C(=O)O)N1CCN(CC(=O)O)CCN(CC(=O)O)CCN(CC(=O)O)CC1)C(=O)O)C(=O)O)C(=O)O. The van der Waals surface area contributed by atoms with Gasteiger partial charge in [0.15, 0.2) is 0 Å². The summed E-state index contributed by atoms with van der Waals surface area (Å²) in [5.74, 6) is -14.7. The summed E-state index contributed by atoms with van der Waals surface area (Å²) in [5.41, 5.74) is -1.38. The highest BCUT2D eigenvalue weighted by molar-refractivity contribution is 14.1. The molecular weight excluding hydrogens is 1610 g/mol. The van der Waals surface area contributed by atoms with Crippen molar-refractivity contribution in [1.29, 1.82) is 0 Å². The molecule has 1 fully saturated rings. The third kappa shape index (κ3) is 36.2. The van der Waals surface area contributed by atoms with Crippen molar-refractivity contribution >= 4 is 124 Å². The third-order valence-electron chi connectivity index (χ3n) is 17.9. The van der Waals surface area contributed by atoms with Gasteiger partial charge < -0.3 is 88.1 Å². The second-order valence-electron chi connectivity index (χ2n) is 26.3. The van der Waals surface area contributed by atoms with Crippen molar-refractivity contribution in [2.24, 2.45) is 0 Å². The minimum Gasteiger partial charge on any atom is -0.507 e. The Morgan fingerprint density at radius 3 is 1.49 bits per heavy atom. The Hall–Kier alpha value is -11.3. The number of hydrogen-bond acceptors (Lipinski definition) is 25. The van der Waals surface area contributed by atoms with Crippen LogP contribution in [0.4, 0.5) is 16.2 Å². The van der Waals surface area contributed by atoms with Gasteiger partial charge in [0.05, 0.1) is 45.7 Å². The van der Waals surface area contributed by atoms with E-state index in [-0.39, 0.29) is 174 Å². The first-order valence-electron chi connectivity index (χ1n) is 35.9. The molecule has 3 aromatic rings. The average molecular weight is 1710 g/mol. The first kappa shape index (κ1) is 94.1.